The highest BCUT2D eigenvalue weighted by atomic mass is 15.4. The number of rotatable bonds is 2. The Labute approximate surface area is 93.6 Å². The Hall–Kier alpha value is -1.82. The summed E-state index contributed by atoms with van der Waals surface area (Å²) < 4.78 is 1.63. The largest absolute Gasteiger partial charge is 0.325 e. The third kappa shape index (κ3) is 1.92. The zero-order valence-electron chi connectivity index (χ0n) is 9.60. The summed E-state index contributed by atoms with van der Waals surface area (Å²) in [5.74, 6) is 2.00. The lowest BCUT2D eigenvalue weighted by molar-refractivity contribution is 0.753. The van der Waals surface area contributed by atoms with E-state index in [9.17, 15) is 0 Å². The molecule has 0 saturated heterocycles. The molecule has 0 aliphatic carbocycles. The molecule has 84 valence electrons. The molecule has 0 aromatic carbocycles. The van der Waals surface area contributed by atoms with E-state index in [1.807, 2.05) is 26.8 Å². The van der Waals surface area contributed by atoms with Gasteiger partial charge in [-0.05, 0) is 26.8 Å². The number of aromatic nitrogens is 5. The summed E-state index contributed by atoms with van der Waals surface area (Å²) in [6.45, 7) is 6.00. The van der Waals surface area contributed by atoms with Crippen molar-refractivity contribution < 1.29 is 0 Å². The minimum Gasteiger partial charge on any atom is -0.325 e. The van der Waals surface area contributed by atoms with E-state index in [1.165, 1.54) is 0 Å². The lowest BCUT2D eigenvalue weighted by atomic mass is 10.3. The number of hydrogen-bond acceptors (Lipinski definition) is 5. The molecule has 2 N–H and O–H groups in total. The van der Waals surface area contributed by atoms with Crippen molar-refractivity contribution >= 4 is 0 Å². The number of aryl methyl sites for hydroxylation is 3. The van der Waals surface area contributed by atoms with Gasteiger partial charge in [-0.1, -0.05) is 0 Å². The zero-order valence-corrected chi connectivity index (χ0v) is 9.60. The van der Waals surface area contributed by atoms with Crippen molar-refractivity contribution in [3.63, 3.8) is 0 Å². The van der Waals surface area contributed by atoms with Gasteiger partial charge in [0.05, 0.1) is 5.69 Å². The van der Waals surface area contributed by atoms with Gasteiger partial charge in [-0.25, -0.2) is 15.0 Å². The molecule has 2 rings (SSSR count). The predicted octanol–water partition coefficient (Wildman–Crippen LogP) is 0.441. The van der Waals surface area contributed by atoms with Crippen LogP contribution >= 0.6 is 0 Å². The molecular formula is C10H14N6. The molecule has 2 aromatic rings. The zero-order chi connectivity index (χ0) is 11.7. The maximum absolute atomic E-state index is 5.57. The van der Waals surface area contributed by atoms with Crippen LogP contribution in [0.4, 0.5) is 0 Å². The van der Waals surface area contributed by atoms with E-state index in [2.05, 4.69) is 20.1 Å². The fourth-order valence-electron chi connectivity index (χ4n) is 1.53. The topological polar surface area (TPSA) is 82.5 Å². The molecule has 0 unspecified atom stereocenters. The van der Waals surface area contributed by atoms with Crippen LogP contribution in [0.5, 0.6) is 0 Å². The molecule has 0 bridgehead atoms. The SMILES string of the molecule is Cc1cc(CN)nc(-n2nc(C)nc2C)n1. The van der Waals surface area contributed by atoms with Gasteiger partial charge in [0.25, 0.3) is 5.95 Å². The Morgan fingerprint density at radius 3 is 2.50 bits per heavy atom. The first kappa shape index (κ1) is 10.7. The quantitative estimate of drug-likeness (QED) is 0.790. The molecule has 0 spiro atoms. The molecule has 16 heavy (non-hydrogen) atoms. The van der Waals surface area contributed by atoms with E-state index in [0.717, 1.165) is 17.2 Å². The second kappa shape index (κ2) is 3.97. The summed E-state index contributed by atoms with van der Waals surface area (Å²) in [6, 6.07) is 1.86. The van der Waals surface area contributed by atoms with Gasteiger partial charge in [0.2, 0.25) is 0 Å². The summed E-state index contributed by atoms with van der Waals surface area (Å²) in [6.07, 6.45) is 0. The van der Waals surface area contributed by atoms with Crippen LogP contribution in [0.2, 0.25) is 0 Å². The van der Waals surface area contributed by atoms with Crippen molar-refractivity contribution in [3.05, 3.63) is 29.1 Å². The molecule has 6 nitrogen and oxygen atoms in total. The fourth-order valence-corrected chi connectivity index (χ4v) is 1.53. The third-order valence-electron chi connectivity index (χ3n) is 2.17. The van der Waals surface area contributed by atoms with Gasteiger partial charge in [-0.2, -0.15) is 4.68 Å². The molecule has 0 fully saturated rings. The third-order valence-corrected chi connectivity index (χ3v) is 2.17. The van der Waals surface area contributed by atoms with E-state index >= 15 is 0 Å². The Morgan fingerprint density at radius 1 is 1.19 bits per heavy atom. The van der Waals surface area contributed by atoms with Crippen LogP contribution in [-0.2, 0) is 6.54 Å². The number of nitrogens with two attached hydrogens (primary N) is 1. The van der Waals surface area contributed by atoms with Crippen LogP contribution in [0.1, 0.15) is 23.0 Å². The van der Waals surface area contributed by atoms with Crippen LogP contribution < -0.4 is 5.73 Å². The van der Waals surface area contributed by atoms with Crippen molar-refractivity contribution in [3.8, 4) is 5.95 Å². The Kier molecular flexibility index (Phi) is 2.66. The van der Waals surface area contributed by atoms with Gasteiger partial charge in [0.1, 0.15) is 11.6 Å². The highest BCUT2D eigenvalue weighted by Gasteiger charge is 2.09. The monoisotopic (exact) mass is 218 g/mol. The lowest BCUT2D eigenvalue weighted by Gasteiger charge is -2.04. The molecule has 0 aliphatic heterocycles. The van der Waals surface area contributed by atoms with Crippen molar-refractivity contribution in [1.82, 2.24) is 24.7 Å². The van der Waals surface area contributed by atoms with Crippen LogP contribution in [0.15, 0.2) is 6.07 Å². The average Bonchev–Trinajstić information content (AvgIpc) is 2.57. The summed E-state index contributed by atoms with van der Waals surface area (Å²) >= 11 is 0. The van der Waals surface area contributed by atoms with Gasteiger partial charge in [-0.15, -0.1) is 5.10 Å². The standard InChI is InChI=1S/C10H14N6/c1-6-4-9(5-11)14-10(12-6)16-8(3)13-7(2)15-16/h4H,5,11H2,1-3H3. The summed E-state index contributed by atoms with van der Waals surface area (Å²) in [5.41, 5.74) is 7.25. The Bertz CT molecular complexity index is 516. The van der Waals surface area contributed by atoms with Crippen molar-refractivity contribution in [2.45, 2.75) is 27.3 Å². The number of nitrogens with zero attached hydrogens (tertiary/aromatic N) is 5. The van der Waals surface area contributed by atoms with E-state index in [4.69, 9.17) is 5.73 Å². The van der Waals surface area contributed by atoms with Crippen molar-refractivity contribution in [2.24, 2.45) is 5.73 Å². The fraction of sp³-hybridized carbons (Fsp3) is 0.400. The van der Waals surface area contributed by atoms with Gasteiger partial charge in [0.15, 0.2) is 0 Å². The van der Waals surface area contributed by atoms with Crippen LogP contribution in [0.25, 0.3) is 5.95 Å². The highest BCUT2D eigenvalue weighted by molar-refractivity contribution is 5.19. The van der Waals surface area contributed by atoms with Gasteiger partial charge in [0, 0.05) is 12.2 Å². The molecule has 6 heteroatoms. The van der Waals surface area contributed by atoms with E-state index in [-0.39, 0.29) is 0 Å². The van der Waals surface area contributed by atoms with Gasteiger partial charge >= 0.3 is 0 Å². The smallest absolute Gasteiger partial charge is 0.252 e. The lowest BCUT2D eigenvalue weighted by Crippen LogP contribution is -2.10. The minimum atomic E-state index is 0.392. The predicted molar refractivity (Wildman–Crippen MR) is 59.1 cm³/mol. The molecule has 0 atom stereocenters. The molecule has 2 heterocycles. The highest BCUT2D eigenvalue weighted by Crippen LogP contribution is 2.06. The van der Waals surface area contributed by atoms with Gasteiger partial charge in [-0.3, -0.25) is 0 Å². The molecule has 0 radical (unpaired) electrons. The van der Waals surface area contributed by atoms with Crippen molar-refractivity contribution in [1.29, 1.82) is 0 Å². The van der Waals surface area contributed by atoms with E-state index in [1.54, 1.807) is 4.68 Å². The molecule has 2 aromatic heterocycles. The molecular weight excluding hydrogens is 204 g/mol. The second-order valence-electron chi connectivity index (χ2n) is 3.62. The normalized spacial score (nSPS) is 10.8. The Morgan fingerprint density at radius 2 is 1.94 bits per heavy atom. The first-order valence-electron chi connectivity index (χ1n) is 5.05. The maximum atomic E-state index is 5.57. The molecule has 0 amide bonds. The summed E-state index contributed by atoms with van der Waals surface area (Å²) in [5, 5.41) is 4.24. The average molecular weight is 218 g/mol. The summed E-state index contributed by atoms with van der Waals surface area (Å²) in [4.78, 5) is 12.9. The van der Waals surface area contributed by atoms with E-state index in [0.29, 0.717) is 18.3 Å². The number of hydrogen-bond donors (Lipinski definition) is 1. The van der Waals surface area contributed by atoms with Gasteiger partial charge < -0.3 is 5.73 Å². The minimum absolute atomic E-state index is 0.392. The summed E-state index contributed by atoms with van der Waals surface area (Å²) in [7, 11) is 0. The molecule has 0 saturated carbocycles. The van der Waals surface area contributed by atoms with E-state index < -0.39 is 0 Å². The van der Waals surface area contributed by atoms with Crippen LogP contribution in [0.3, 0.4) is 0 Å². The van der Waals surface area contributed by atoms with Crippen molar-refractivity contribution in [2.75, 3.05) is 0 Å². The van der Waals surface area contributed by atoms with Crippen LogP contribution in [-0.4, -0.2) is 24.7 Å². The Balaban J connectivity index is 2.55. The first-order valence-corrected chi connectivity index (χ1v) is 5.05. The molecule has 0 aliphatic rings. The van der Waals surface area contributed by atoms with Crippen LogP contribution in [0, 0.1) is 20.8 Å². The first-order chi connectivity index (χ1) is 7.60. The second-order valence-corrected chi connectivity index (χ2v) is 3.62. The maximum Gasteiger partial charge on any atom is 0.252 e.